The fourth-order valence-electron chi connectivity index (χ4n) is 3.51. The molecule has 25 heavy (non-hydrogen) atoms. The third kappa shape index (κ3) is 3.38. The Morgan fingerprint density at radius 1 is 1.36 bits per heavy atom. The number of allylic oxidation sites excluding steroid dienone is 2. The summed E-state index contributed by atoms with van der Waals surface area (Å²) in [5, 5.41) is 7.30. The van der Waals surface area contributed by atoms with Crippen molar-refractivity contribution < 1.29 is 4.79 Å². The molecule has 1 N–H and O–H groups in total. The lowest BCUT2D eigenvalue weighted by molar-refractivity contribution is -0.123. The highest BCUT2D eigenvalue weighted by Gasteiger charge is 2.60. The first-order valence-electron chi connectivity index (χ1n) is 8.79. The monoisotopic (exact) mass is 342 g/mol. The van der Waals surface area contributed by atoms with E-state index in [1.165, 1.54) is 14.7 Å². The van der Waals surface area contributed by atoms with Gasteiger partial charge in [-0.2, -0.15) is 0 Å². The molecule has 6 heteroatoms. The second kappa shape index (κ2) is 6.50. The van der Waals surface area contributed by atoms with Crippen molar-refractivity contribution in [1.29, 1.82) is 0 Å². The molecule has 0 radical (unpaired) electrons. The Morgan fingerprint density at radius 3 is 2.80 bits per heavy atom. The summed E-state index contributed by atoms with van der Waals surface area (Å²) in [7, 11) is 0. The molecule has 2 aromatic heterocycles. The van der Waals surface area contributed by atoms with Crippen LogP contribution in [-0.4, -0.2) is 26.6 Å². The molecule has 0 bridgehead atoms. The van der Waals surface area contributed by atoms with Crippen molar-refractivity contribution >= 4 is 11.6 Å². The molecule has 2 atom stereocenters. The zero-order chi connectivity index (χ0) is 18.2. The van der Waals surface area contributed by atoms with Gasteiger partial charge in [0.25, 0.3) is 0 Å². The normalized spacial score (nSPS) is 21.1. The first kappa shape index (κ1) is 17.5. The number of nitrogens with one attached hydrogen (secondary N) is 1. The lowest BCUT2D eigenvalue weighted by Gasteiger charge is -2.06. The van der Waals surface area contributed by atoms with Gasteiger partial charge in [0.2, 0.25) is 5.91 Å². The first-order chi connectivity index (χ1) is 11.8. The summed E-state index contributed by atoms with van der Waals surface area (Å²) in [4.78, 5) is 24.6. The predicted octanol–water partition coefficient (Wildman–Crippen LogP) is 2.24. The van der Waals surface area contributed by atoms with Crippen LogP contribution in [0.2, 0.25) is 0 Å². The lowest BCUT2D eigenvalue weighted by Crippen LogP contribution is -2.29. The predicted molar refractivity (Wildman–Crippen MR) is 97.3 cm³/mol. The number of nitrogens with zero attached hydrogens (tertiary/aromatic N) is 3. The Morgan fingerprint density at radius 2 is 2.12 bits per heavy atom. The topological polar surface area (TPSA) is 68.4 Å². The number of carbonyl (C=O) groups excluding carboxylic acids is 1. The molecule has 1 fully saturated rings. The van der Waals surface area contributed by atoms with Gasteiger partial charge >= 0.3 is 5.69 Å². The van der Waals surface area contributed by atoms with E-state index in [9.17, 15) is 9.59 Å². The molecule has 0 unspecified atom stereocenters. The summed E-state index contributed by atoms with van der Waals surface area (Å²) in [6.45, 7) is 9.45. The van der Waals surface area contributed by atoms with Gasteiger partial charge in [0.05, 0.1) is 5.92 Å². The summed E-state index contributed by atoms with van der Waals surface area (Å²) in [5.41, 5.74) is 1.77. The fraction of sp³-hybridized carbons (Fsp3) is 0.526. The van der Waals surface area contributed by atoms with Crippen molar-refractivity contribution in [3.63, 3.8) is 0 Å². The van der Waals surface area contributed by atoms with E-state index in [0.717, 1.165) is 0 Å². The molecule has 0 aliphatic heterocycles. The first-order valence-corrected chi connectivity index (χ1v) is 8.79. The van der Waals surface area contributed by atoms with Crippen molar-refractivity contribution in [3.8, 4) is 0 Å². The Bertz CT molecular complexity index is 871. The van der Waals surface area contributed by atoms with E-state index in [1.54, 1.807) is 18.3 Å². The average Bonchev–Trinajstić information content (AvgIpc) is 2.93. The highest BCUT2D eigenvalue weighted by atomic mass is 16.2. The zero-order valence-corrected chi connectivity index (χ0v) is 15.3. The largest absolute Gasteiger partial charge is 0.356 e. The van der Waals surface area contributed by atoms with Gasteiger partial charge in [0.1, 0.15) is 0 Å². The number of rotatable bonds is 6. The van der Waals surface area contributed by atoms with Gasteiger partial charge in [0, 0.05) is 19.3 Å². The van der Waals surface area contributed by atoms with E-state index in [-0.39, 0.29) is 22.9 Å². The standard InChI is InChI=1S/C19H26N4O2/c1-13(2)12-14-16(19(14,3)4)17(24)20-9-7-11-23-18(25)22-10-6-5-8-15(22)21-23/h5-6,8,10,12,14,16H,7,9,11H2,1-4H3,(H,20,24)/t14-,16+/m1/s1. The summed E-state index contributed by atoms with van der Waals surface area (Å²) >= 11 is 0. The quantitative estimate of drug-likeness (QED) is 0.647. The molecule has 0 saturated heterocycles. The summed E-state index contributed by atoms with van der Waals surface area (Å²) < 4.78 is 2.98. The fourth-order valence-corrected chi connectivity index (χ4v) is 3.51. The number of pyridine rings is 1. The van der Waals surface area contributed by atoms with Crippen LogP contribution in [0.25, 0.3) is 5.65 Å². The van der Waals surface area contributed by atoms with E-state index in [2.05, 4.69) is 44.2 Å². The van der Waals surface area contributed by atoms with Crippen molar-refractivity contribution in [3.05, 3.63) is 46.5 Å². The molecule has 134 valence electrons. The molecule has 2 heterocycles. The van der Waals surface area contributed by atoms with Crippen LogP contribution in [0.4, 0.5) is 0 Å². The molecule has 1 aliphatic rings. The maximum absolute atomic E-state index is 12.4. The van der Waals surface area contributed by atoms with Gasteiger partial charge in [0.15, 0.2) is 5.65 Å². The zero-order valence-electron chi connectivity index (χ0n) is 15.3. The van der Waals surface area contributed by atoms with E-state index in [0.29, 0.717) is 31.1 Å². The van der Waals surface area contributed by atoms with Crippen LogP contribution in [0.5, 0.6) is 0 Å². The number of aromatic nitrogens is 3. The SMILES string of the molecule is CC(C)=C[C@@H]1[C@@H](C(=O)NCCCn2nc3ccccn3c2=O)C1(C)C. The van der Waals surface area contributed by atoms with Crippen LogP contribution in [0.1, 0.15) is 34.1 Å². The van der Waals surface area contributed by atoms with Gasteiger partial charge < -0.3 is 5.32 Å². The molecule has 1 aliphatic carbocycles. The Balaban J connectivity index is 1.52. The van der Waals surface area contributed by atoms with Crippen LogP contribution in [0.15, 0.2) is 40.8 Å². The molecule has 0 aromatic carbocycles. The number of carbonyl (C=O) groups is 1. The van der Waals surface area contributed by atoms with Gasteiger partial charge in [-0.3, -0.25) is 9.20 Å². The van der Waals surface area contributed by atoms with Gasteiger partial charge in [-0.1, -0.05) is 31.6 Å². The third-order valence-electron chi connectivity index (χ3n) is 5.04. The number of hydrogen-bond acceptors (Lipinski definition) is 3. The van der Waals surface area contributed by atoms with Crippen LogP contribution in [0.3, 0.4) is 0 Å². The van der Waals surface area contributed by atoms with Crippen molar-refractivity contribution in [2.24, 2.45) is 17.3 Å². The second-order valence-electron chi connectivity index (χ2n) is 7.65. The maximum Gasteiger partial charge on any atom is 0.350 e. The van der Waals surface area contributed by atoms with E-state index >= 15 is 0 Å². The van der Waals surface area contributed by atoms with Crippen LogP contribution >= 0.6 is 0 Å². The summed E-state index contributed by atoms with van der Waals surface area (Å²) in [5.74, 6) is 0.466. The second-order valence-corrected chi connectivity index (χ2v) is 7.65. The van der Waals surface area contributed by atoms with E-state index in [1.807, 2.05) is 6.07 Å². The van der Waals surface area contributed by atoms with Gasteiger partial charge in [-0.25, -0.2) is 9.48 Å². The molecular weight excluding hydrogens is 316 g/mol. The maximum atomic E-state index is 12.4. The number of fused-ring (bicyclic) bond motifs is 1. The number of amides is 1. The molecular formula is C19H26N4O2. The minimum absolute atomic E-state index is 0.0277. The molecule has 3 rings (SSSR count). The summed E-state index contributed by atoms with van der Waals surface area (Å²) in [6, 6.07) is 5.46. The molecule has 1 amide bonds. The molecule has 6 nitrogen and oxygen atoms in total. The van der Waals surface area contributed by atoms with Crippen molar-refractivity contribution in [1.82, 2.24) is 19.5 Å². The van der Waals surface area contributed by atoms with Crippen molar-refractivity contribution in [2.75, 3.05) is 6.54 Å². The van der Waals surface area contributed by atoms with Crippen LogP contribution < -0.4 is 11.0 Å². The molecule has 1 saturated carbocycles. The lowest BCUT2D eigenvalue weighted by atomic mass is 10.1. The van der Waals surface area contributed by atoms with Gasteiger partial charge in [-0.15, -0.1) is 5.10 Å². The van der Waals surface area contributed by atoms with E-state index < -0.39 is 0 Å². The third-order valence-corrected chi connectivity index (χ3v) is 5.04. The minimum Gasteiger partial charge on any atom is -0.356 e. The Labute approximate surface area is 147 Å². The molecule has 2 aromatic rings. The number of hydrogen-bond donors (Lipinski definition) is 1. The van der Waals surface area contributed by atoms with Crippen molar-refractivity contribution in [2.45, 2.75) is 40.7 Å². The van der Waals surface area contributed by atoms with Gasteiger partial charge in [-0.05, 0) is 43.7 Å². The Hall–Kier alpha value is -2.37. The minimum atomic E-state index is -0.145. The molecule has 0 spiro atoms. The van der Waals surface area contributed by atoms with Crippen LogP contribution in [0, 0.1) is 17.3 Å². The Kier molecular flexibility index (Phi) is 4.54. The van der Waals surface area contributed by atoms with Crippen LogP contribution in [-0.2, 0) is 11.3 Å². The van der Waals surface area contributed by atoms with E-state index in [4.69, 9.17) is 0 Å². The highest BCUT2D eigenvalue weighted by molar-refractivity contribution is 5.83. The highest BCUT2D eigenvalue weighted by Crippen LogP contribution is 2.59. The summed E-state index contributed by atoms with van der Waals surface area (Å²) in [6.07, 6.45) is 4.58. The number of aryl methyl sites for hydroxylation is 1. The average molecular weight is 342 g/mol. The smallest absolute Gasteiger partial charge is 0.350 e.